The summed E-state index contributed by atoms with van der Waals surface area (Å²) in [6.45, 7) is 6.36. The van der Waals surface area contributed by atoms with Crippen LogP contribution in [-0.2, 0) is 17.9 Å². The number of amides is 1. The van der Waals surface area contributed by atoms with E-state index in [4.69, 9.17) is 27.9 Å². The molecular weight excluding hydrogens is 443 g/mol. The number of para-hydroxylation sites is 1. The van der Waals surface area contributed by atoms with Crippen LogP contribution in [0.15, 0.2) is 60.3 Å². The third kappa shape index (κ3) is 5.78. The molecule has 0 spiro atoms. The Labute approximate surface area is 189 Å². The quantitative estimate of drug-likeness (QED) is 0.341. The van der Waals surface area contributed by atoms with Crippen LogP contribution in [0.2, 0.25) is 10.0 Å². The van der Waals surface area contributed by atoms with Crippen molar-refractivity contribution >= 4 is 46.6 Å². The molecule has 156 valence electrons. The third-order valence-corrected chi connectivity index (χ3v) is 5.61. The Morgan fingerprint density at radius 3 is 2.80 bits per heavy atom. The molecule has 0 aliphatic heterocycles. The maximum atomic E-state index is 12.4. The van der Waals surface area contributed by atoms with Crippen molar-refractivity contribution in [3.05, 3.63) is 76.6 Å². The molecule has 0 fully saturated rings. The first-order valence-electron chi connectivity index (χ1n) is 9.07. The minimum absolute atomic E-state index is 0.146. The lowest BCUT2D eigenvalue weighted by Gasteiger charge is -2.10. The molecule has 1 N–H and O–H groups in total. The Morgan fingerprint density at radius 2 is 2.07 bits per heavy atom. The first-order chi connectivity index (χ1) is 14.5. The van der Waals surface area contributed by atoms with Gasteiger partial charge in [-0.15, -0.1) is 16.8 Å². The molecule has 1 aromatic heterocycles. The molecule has 0 saturated carbocycles. The molecule has 30 heavy (non-hydrogen) atoms. The summed E-state index contributed by atoms with van der Waals surface area (Å²) >= 11 is 13.4. The zero-order valence-corrected chi connectivity index (χ0v) is 18.6. The minimum Gasteiger partial charge on any atom is -0.484 e. The highest BCUT2D eigenvalue weighted by molar-refractivity contribution is 7.99. The molecule has 0 radical (unpaired) electrons. The number of carbonyl (C=O) groups excluding carboxylic acids is 1. The van der Waals surface area contributed by atoms with Crippen LogP contribution in [0.1, 0.15) is 11.4 Å². The van der Waals surface area contributed by atoms with Gasteiger partial charge in [0, 0.05) is 17.3 Å². The maximum absolute atomic E-state index is 12.4. The largest absolute Gasteiger partial charge is 0.484 e. The molecule has 3 rings (SSSR count). The molecule has 3 aromatic rings. The topological polar surface area (TPSA) is 69.0 Å². The van der Waals surface area contributed by atoms with Gasteiger partial charge in [0.1, 0.15) is 12.4 Å². The molecule has 9 heteroatoms. The highest BCUT2D eigenvalue weighted by atomic mass is 35.5. The Balaban J connectivity index is 1.63. The number of aromatic nitrogens is 3. The number of ether oxygens (including phenoxy) is 1. The predicted molar refractivity (Wildman–Crippen MR) is 122 cm³/mol. The normalized spacial score (nSPS) is 10.6. The van der Waals surface area contributed by atoms with E-state index in [0.29, 0.717) is 33.3 Å². The fraction of sp³-hybridized carbons (Fsp3) is 0.190. The van der Waals surface area contributed by atoms with Crippen molar-refractivity contribution in [2.24, 2.45) is 0 Å². The van der Waals surface area contributed by atoms with Crippen LogP contribution >= 0.6 is 35.0 Å². The van der Waals surface area contributed by atoms with E-state index in [2.05, 4.69) is 22.1 Å². The number of thioether (sulfide) groups is 1. The second-order valence-electron chi connectivity index (χ2n) is 6.31. The Kier molecular flexibility index (Phi) is 7.79. The number of benzene rings is 2. The number of nitrogens with one attached hydrogen (secondary N) is 1. The molecule has 0 aliphatic rings. The van der Waals surface area contributed by atoms with Crippen molar-refractivity contribution in [3.63, 3.8) is 0 Å². The monoisotopic (exact) mass is 462 g/mol. The van der Waals surface area contributed by atoms with Crippen LogP contribution in [0, 0.1) is 6.92 Å². The van der Waals surface area contributed by atoms with Crippen LogP contribution < -0.4 is 10.1 Å². The summed E-state index contributed by atoms with van der Waals surface area (Å²) in [7, 11) is 0. The molecule has 0 unspecified atom stereocenters. The number of hydrogen-bond acceptors (Lipinski definition) is 5. The highest BCUT2D eigenvalue weighted by Crippen LogP contribution is 2.25. The SMILES string of the molecule is C=CCn1c(COc2ccccc2Cl)nnc1SCC(=O)Nc1ccc(Cl)cc1C. The van der Waals surface area contributed by atoms with E-state index in [0.717, 1.165) is 11.3 Å². The molecule has 6 nitrogen and oxygen atoms in total. The summed E-state index contributed by atoms with van der Waals surface area (Å²) < 4.78 is 7.62. The number of halogens is 2. The first-order valence-corrected chi connectivity index (χ1v) is 10.8. The van der Waals surface area contributed by atoms with Crippen LogP contribution in [0.25, 0.3) is 0 Å². The van der Waals surface area contributed by atoms with E-state index in [9.17, 15) is 4.79 Å². The molecule has 0 aliphatic carbocycles. The van der Waals surface area contributed by atoms with Crippen molar-refractivity contribution in [1.29, 1.82) is 0 Å². The zero-order valence-electron chi connectivity index (χ0n) is 16.3. The van der Waals surface area contributed by atoms with Gasteiger partial charge in [-0.05, 0) is 42.8 Å². The van der Waals surface area contributed by atoms with E-state index in [-0.39, 0.29) is 18.3 Å². The van der Waals surface area contributed by atoms with Crippen LogP contribution in [-0.4, -0.2) is 26.4 Å². The maximum Gasteiger partial charge on any atom is 0.234 e. The zero-order chi connectivity index (χ0) is 21.5. The van der Waals surface area contributed by atoms with Gasteiger partial charge in [0.2, 0.25) is 5.91 Å². The lowest BCUT2D eigenvalue weighted by atomic mass is 10.2. The molecule has 0 bridgehead atoms. The standard InChI is InChI=1S/C21H20Cl2N4O2S/c1-3-10-27-19(12-29-18-7-5-4-6-16(18)23)25-26-21(27)30-13-20(28)24-17-9-8-15(22)11-14(17)2/h3-9,11H,1,10,12-13H2,2H3,(H,24,28). The van der Waals surface area contributed by atoms with E-state index in [1.54, 1.807) is 36.4 Å². The number of rotatable bonds is 9. The lowest BCUT2D eigenvalue weighted by molar-refractivity contribution is -0.113. The van der Waals surface area contributed by atoms with Gasteiger partial charge < -0.3 is 10.1 Å². The van der Waals surface area contributed by atoms with Gasteiger partial charge >= 0.3 is 0 Å². The van der Waals surface area contributed by atoms with E-state index in [1.165, 1.54) is 11.8 Å². The number of carbonyl (C=O) groups is 1. The predicted octanol–water partition coefficient (Wildman–Crippen LogP) is 5.39. The number of aryl methyl sites for hydroxylation is 1. The average Bonchev–Trinajstić information content (AvgIpc) is 3.10. The second-order valence-corrected chi connectivity index (χ2v) is 8.10. The Bertz CT molecular complexity index is 1060. The van der Waals surface area contributed by atoms with Gasteiger partial charge in [-0.3, -0.25) is 9.36 Å². The molecule has 0 saturated heterocycles. The summed E-state index contributed by atoms with van der Waals surface area (Å²) in [5.41, 5.74) is 1.63. The summed E-state index contributed by atoms with van der Waals surface area (Å²) in [4.78, 5) is 12.4. The third-order valence-electron chi connectivity index (χ3n) is 4.09. The fourth-order valence-electron chi connectivity index (χ4n) is 2.63. The van der Waals surface area contributed by atoms with Gasteiger partial charge in [0.05, 0.1) is 10.8 Å². The minimum atomic E-state index is -0.146. The van der Waals surface area contributed by atoms with Crippen LogP contribution in [0.3, 0.4) is 0 Å². The van der Waals surface area contributed by atoms with Gasteiger partial charge in [0.25, 0.3) is 0 Å². The molecule has 1 heterocycles. The number of nitrogens with zero attached hydrogens (tertiary/aromatic N) is 3. The number of anilines is 1. The van der Waals surface area contributed by atoms with Gasteiger partial charge in [0.15, 0.2) is 11.0 Å². The molecule has 0 atom stereocenters. The molecular formula is C21H20Cl2N4O2S. The molecule has 1 amide bonds. The number of hydrogen-bond donors (Lipinski definition) is 1. The van der Waals surface area contributed by atoms with Crippen molar-refractivity contribution < 1.29 is 9.53 Å². The van der Waals surface area contributed by atoms with Crippen molar-refractivity contribution in [2.75, 3.05) is 11.1 Å². The van der Waals surface area contributed by atoms with Crippen molar-refractivity contribution in [3.8, 4) is 5.75 Å². The summed E-state index contributed by atoms with van der Waals surface area (Å²) in [5, 5.41) is 13.0. The summed E-state index contributed by atoms with van der Waals surface area (Å²) in [5.74, 6) is 1.22. The molecule has 2 aromatic carbocycles. The first kappa shape index (κ1) is 22.2. The Morgan fingerprint density at radius 1 is 1.27 bits per heavy atom. The van der Waals surface area contributed by atoms with Crippen molar-refractivity contribution in [2.45, 2.75) is 25.2 Å². The van der Waals surface area contributed by atoms with Gasteiger partial charge in [-0.2, -0.15) is 0 Å². The summed E-state index contributed by atoms with van der Waals surface area (Å²) in [6, 6.07) is 12.5. The smallest absolute Gasteiger partial charge is 0.234 e. The highest BCUT2D eigenvalue weighted by Gasteiger charge is 2.15. The van der Waals surface area contributed by atoms with Crippen molar-refractivity contribution in [1.82, 2.24) is 14.8 Å². The summed E-state index contributed by atoms with van der Waals surface area (Å²) in [6.07, 6.45) is 1.74. The fourth-order valence-corrected chi connectivity index (χ4v) is 3.82. The van der Waals surface area contributed by atoms with Gasteiger partial charge in [-0.25, -0.2) is 0 Å². The Hall–Kier alpha value is -2.48. The van der Waals surface area contributed by atoms with E-state index >= 15 is 0 Å². The van der Waals surface area contributed by atoms with E-state index < -0.39 is 0 Å². The van der Waals surface area contributed by atoms with Gasteiger partial charge in [-0.1, -0.05) is 53.2 Å². The van der Waals surface area contributed by atoms with Crippen LogP contribution in [0.5, 0.6) is 5.75 Å². The average molecular weight is 463 g/mol. The second kappa shape index (κ2) is 10.5. The van der Waals surface area contributed by atoms with E-state index in [1.807, 2.05) is 23.6 Å². The lowest BCUT2D eigenvalue weighted by Crippen LogP contribution is -2.15. The van der Waals surface area contributed by atoms with Crippen LogP contribution in [0.4, 0.5) is 5.69 Å². The number of allylic oxidation sites excluding steroid dienone is 1.